The SMILES string of the molecule is CC1CCCN=C1NCC([P+](=O)O)P(=O)(O)O. The second kappa shape index (κ2) is 6.03. The van der Waals surface area contributed by atoms with Crippen LogP contribution in [0.3, 0.4) is 0 Å². The molecule has 0 aliphatic carbocycles. The standard InChI is InChI=1S/C8H16N2O5P2/c1-6-3-2-4-9-8(6)10-5-7(16(11)12)17(13,14)15/h6-7H,2-5H2,1H3,(H3-,9,10,11,12,13,14,15)/p+1. The molecule has 17 heavy (non-hydrogen) atoms. The lowest BCUT2D eigenvalue weighted by Crippen LogP contribution is -2.36. The van der Waals surface area contributed by atoms with Crippen molar-refractivity contribution in [2.45, 2.75) is 25.2 Å². The van der Waals surface area contributed by atoms with Gasteiger partial charge in [-0.05, 0) is 17.4 Å². The molecule has 3 unspecified atom stereocenters. The monoisotopic (exact) mass is 283 g/mol. The summed E-state index contributed by atoms with van der Waals surface area (Å²) in [6.45, 7) is 2.40. The van der Waals surface area contributed by atoms with Gasteiger partial charge in [0.25, 0.3) is 0 Å². The van der Waals surface area contributed by atoms with Crippen molar-refractivity contribution in [1.82, 2.24) is 5.32 Å². The zero-order chi connectivity index (χ0) is 13.1. The molecule has 0 bridgehead atoms. The van der Waals surface area contributed by atoms with E-state index in [1.54, 1.807) is 0 Å². The van der Waals surface area contributed by atoms with Gasteiger partial charge in [-0.25, -0.2) is 0 Å². The van der Waals surface area contributed by atoms with Crippen LogP contribution in [0.5, 0.6) is 0 Å². The summed E-state index contributed by atoms with van der Waals surface area (Å²) in [6.07, 6.45) is 1.94. The maximum Gasteiger partial charge on any atom is 0.523 e. The van der Waals surface area contributed by atoms with Gasteiger partial charge in [-0.3, -0.25) is 9.56 Å². The maximum absolute atomic E-state index is 11.0. The largest absolute Gasteiger partial charge is 0.523 e. The fraction of sp³-hybridized carbons (Fsp3) is 0.875. The third kappa shape index (κ3) is 4.45. The van der Waals surface area contributed by atoms with E-state index in [4.69, 9.17) is 14.7 Å². The van der Waals surface area contributed by atoms with E-state index < -0.39 is 21.0 Å². The normalized spacial score (nSPS) is 23.9. The Morgan fingerprint density at radius 1 is 1.65 bits per heavy atom. The van der Waals surface area contributed by atoms with Gasteiger partial charge in [-0.2, -0.15) is 4.89 Å². The lowest BCUT2D eigenvalue weighted by atomic mass is 10.0. The first-order chi connectivity index (χ1) is 7.82. The van der Waals surface area contributed by atoms with Gasteiger partial charge in [0, 0.05) is 12.5 Å². The second-order valence-corrected chi connectivity index (χ2v) is 7.50. The van der Waals surface area contributed by atoms with Crippen LogP contribution in [0.1, 0.15) is 19.8 Å². The first-order valence-electron chi connectivity index (χ1n) is 5.31. The minimum absolute atomic E-state index is 0.192. The van der Waals surface area contributed by atoms with E-state index in [1.807, 2.05) is 6.92 Å². The van der Waals surface area contributed by atoms with E-state index in [-0.39, 0.29) is 12.5 Å². The van der Waals surface area contributed by atoms with Crippen molar-refractivity contribution >= 4 is 21.5 Å². The Bertz CT molecular complexity index is 367. The van der Waals surface area contributed by atoms with Gasteiger partial charge in [-0.15, -0.1) is 0 Å². The van der Waals surface area contributed by atoms with Gasteiger partial charge in [0.1, 0.15) is 0 Å². The van der Waals surface area contributed by atoms with Crippen LogP contribution >= 0.6 is 15.6 Å². The molecule has 0 saturated carbocycles. The predicted octanol–water partition coefficient (Wildman–Crippen LogP) is 0.643. The predicted molar refractivity (Wildman–Crippen MR) is 64.4 cm³/mol. The van der Waals surface area contributed by atoms with E-state index in [9.17, 15) is 9.13 Å². The van der Waals surface area contributed by atoms with Gasteiger partial charge in [0.2, 0.25) is 0 Å². The molecule has 0 aromatic carbocycles. The molecule has 1 rings (SSSR count). The summed E-state index contributed by atoms with van der Waals surface area (Å²) in [5.41, 5.74) is 0. The first kappa shape index (κ1) is 14.7. The Kier molecular flexibility index (Phi) is 5.22. The van der Waals surface area contributed by atoms with Gasteiger partial charge in [0.15, 0.2) is 0 Å². The van der Waals surface area contributed by atoms with Crippen LogP contribution < -0.4 is 5.32 Å². The smallest absolute Gasteiger partial charge is 0.368 e. The Labute approximate surface area is 100 Å². The topological polar surface area (TPSA) is 119 Å². The van der Waals surface area contributed by atoms with E-state index in [0.29, 0.717) is 12.4 Å². The summed E-state index contributed by atoms with van der Waals surface area (Å²) < 4.78 is 21.9. The molecule has 1 aliphatic heterocycles. The lowest BCUT2D eigenvalue weighted by Gasteiger charge is -2.21. The van der Waals surface area contributed by atoms with E-state index in [1.165, 1.54) is 0 Å². The molecule has 3 atom stereocenters. The van der Waals surface area contributed by atoms with Crippen LogP contribution in [-0.4, -0.2) is 39.0 Å². The Hall–Kier alpha value is -0.320. The third-order valence-electron chi connectivity index (χ3n) is 2.65. The zero-order valence-electron chi connectivity index (χ0n) is 9.48. The number of amidine groups is 1. The summed E-state index contributed by atoms with van der Waals surface area (Å²) in [4.78, 5) is 30.9. The van der Waals surface area contributed by atoms with Crippen molar-refractivity contribution < 1.29 is 23.8 Å². The minimum Gasteiger partial charge on any atom is -0.368 e. The molecule has 4 N–H and O–H groups in total. The average Bonchev–Trinajstić information content (AvgIpc) is 2.18. The van der Waals surface area contributed by atoms with E-state index in [0.717, 1.165) is 12.8 Å². The number of nitrogens with zero attached hydrogens (tertiary/aromatic N) is 1. The molecule has 0 saturated heterocycles. The highest BCUT2D eigenvalue weighted by Crippen LogP contribution is 2.51. The lowest BCUT2D eigenvalue weighted by molar-refractivity contribution is 0.364. The number of hydrogen-bond donors (Lipinski definition) is 4. The molecule has 9 heteroatoms. The zero-order valence-corrected chi connectivity index (χ0v) is 11.3. The molecule has 98 valence electrons. The second-order valence-electron chi connectivity index (χ2n) is 4.06. The third-order valence-corrected chi connectivity index (χ3v) is 5.80. The first-order valence-corrected chi connectivity index (χ1v) is 8.27. The van der Waals surface area contributed by atoms with E-state index in [2.05, 4.69) is 10.3 Å². The number of aliphatic imine (C=N–C) groups is 1. The van der Waals surface area contributed by atoms with Crippen LogP contribution in [-0.2, 0) is 9.13 Å². The van der Waals surface area contributed by atoms with Crippen LogP contribution in [0, 0.1) is 5.92 Å². The van der Waals surface area contributed by atoms with Crippen LogP contribution in [0.15, 0.2) is 4.99 Å². The fourth-order valence-electron chi connectivity index (χ4n) is 1.64. The highest BCUT2D eigenvalue weighted by molar-refractivity contribution is 7.65. The summed E-state index contributed by atoms with van der Waals surface area (Å²) in [6, 6.07) is 0. The summed E-state index contributed by atoms with van der Waals surface area (Å²) in [5.74, 6) is 0.851. The van der Waals surface area contributed by atoms with Crippen molar-refractivity contribution in [3.63, 3.8) is 0 Å². The van der Waals surface area contributed by atoms with Crippen molar-refractivity contribution in [2.24, 2.45) is 10.9 Å². The van der Waals surface area contributed by atoms with Crippen LogP contribution in [0.25, 0.3) is 0 Å². The van der Waals surface area contributed by atoms with Gasteiger partial charge < -0.3 is 15.1 Å². The summed E-state index contributed by atoms with van der Waals surface area (Å²) in [5, 5.41) is 1.20. The molecular weight excluding hydrogens is 266 g/mol. The molecule has 0 amide bonds. The van der Waals surface area contributed by atoms with Gasteiger partial charge in [0.05, 0.1) is 12.4 Å². The molecule has 1 aliphatic rings. The van der Waals surface area contributed by atoms with E-state index >= 15 is 0 Å². The molecule has 0 fully saturated rings. The molecule has 7 nitrogen and oxygen atoms in total. The molecule has 0 aromatic rings. The number of nitrogens with one attached hydrogen (secondary N) is 1. The van der Waals surface area contributed by atoms with Crippen molar-refractivity contribution in [2.75, 3.05) is 13.1 Å². The molecule has 0 aromatic heterocycles. The molecule has 0 spiro atoms. The quantitative estimate of drug-likeness (QED) is 0.562. The Morgan fingerprint density at radius 3 is 2.76 bits per heavy atom. The Morgan fingerprint density at radius 2 is 2.29 bits per heavy atom. The van der Waals surface area contributed by atoms with Crippen molar-refractivity contribution in [1.29, 1.82) is 0 Å². The van der Waals surface area contributed by atoms with Gasteiger partial charge >= 0.3 is 21.0 Å². The van der Waals surface area contributed by atoms with Crippen LogP contribution in [0.4, 0.5) is 0 Å². The van der Waals surface area contributed by atoms with Crippen molar-refractivity contribution in [3.8, 4) is 0 Å². The highest BCUT2D eigenvalue weighted by atomic mass is 31.2. The van der Waals surface area contributed by atoms with Crippen molar-refractivity contribution in [3.05, 3.63) is 0 Å². The molecule has 1 heterocycles. The fourth-order valence-corrected chi connectivity index (χ4v) is 3.25. The Balaban J connectivity index is 2.61. The number of rotatable bonds is 4. The van der Waals surface area contributed by atoms with Gasteiger partial charge in [-0.1, -0.05) is 6.92 Å². The molecule has 0 radical (unpaired) electrons. The van der Waals surface area contributed by atoms with Crippen LogP contribution in [0.2, 0.25) is 0 Å². The number of hydrogen-bond acceptors (Lipinski definition) is 4. The maximum atomic E-state index is 11.0. The molecular formula is C8H17N2O5P2+. The average molecular weight is 283 g/mol. The summed E-state index contributed by atoms with van der Waals surface area (Å²) in [7, 11) is -7.49. The minimum atomic E-state index is -4.57. The highest BCUT2D eigenvalue weighted by Gasteiger charge is 2.45. The summed E-state index contributed by atoms with van der Waals surface area (Å²) >= 11 is 0.